The first-order valence-electron chi connectivity index (χ1n) is 5.75. The van der Waals surface area contributed by atoms with E-state index in [-0.39, 0.29) is 11.7 Å². The Bertz CT molecular complexity index is 587. The Morgan fingerprint density at radius 2 is 1.74 bits per heavy atom. The summed E-state index contributed by atoms with van der Waals surface area (Å²) in [5.41, 5.74) is 8.17. The van der Waals surface area contributed by atoms with Gasteiger partial charge in [-0.1, -0.05) is 0 Å². The predicted octanol–water partition coefficient (Wildman–Crippen LogP) is 1.86. The summed E-state index contributed by atoms with van der Waals surface area (Å²) in [6.07, 6.45) is 0. The number of nitrogens with zero attached hydrogens (tertiary/aromatic N) is 3. The van der Waals surface area contributed by atoms with Gasteiger partial charge in [-0.2, -0.15) is 4.99 Å². The number of aromatic hydroxyl groups is 1. The summed E-state index contributed by atoms with van der Waals surface area (Å²) in [7, 11) is 0. The molecule has 2 aromatic rings. The fourth-order valence-corrected chi connectivity index (χ4v) is 1.59. The van der Waals surface area contributed by atoms with Crippen LogP contribution in [0.15, 0.2) is 35.3 Å². The van der Waals surface area contributed by atoms with Crippen LogP contribution in [-0.2, 0) is 0 Å². The highest BCUT2D eigenvalue weighted by Gasteiger charge is 2.00. The Balaban J connectivity index is 2.16. The van der Waals surface area contributed by atoms with E-state index in [1.165, 1.54) is 0 Å². The van der Waals surface area contributed by atoms with Gasteiger partial charge >= 0.3 is 0 Å². The van der Waals surface area contributed by atoms with Crippen LogP contribution in [0.5, 0.6) is 5.75 Å². The molecule has 98 valence electrons. The number of hydrogen-bond acceptors (Lipinski definition) is 4. The molecule has 0 fully saturated rings. The number of benzene rings is 1. The van der Waals surface area contributed by atoms with Gasteiger partial charge < -0.3 is 16.2 Å². The molecule has 0 aliphatic carbocycles. The topological polar surface area (TPSA) is 96.4 Å². The van der Waals surface area contributed by atoms with Crippen LogP contribution in [0, 0.1) is 13.8 Å². The van der Waals surface area contributed by atoms with Crippen molar-refractivity contribution in [2.75, 3.05) is 5.32 Å². The fraction of sp³-hybridized carbons (Fsp3) is 0.154. The largest absolute Gasteiger partial charge is 0.508 e. The number of aromatic nitrogens is 2. The van der Waals surface area contributed by atoms with E-state index in [1.54, 1.807) is 24.3 Å². The smallest absolute Gasteiger partial charge is 0.253 e. The first-order chi connectivity index (χ1) is 9.02. The van der Waals surface area contributed by atoms with Crippen LogP contribution in [0.1, 0.15) is 11.4 Å². The molecule has 0 unspecified atom stereocenters. The molecule has 0 bridgehead atoms. The SMILES string of the molecule is Cc1cc(C)nc(N=C(N)Nc2ccc(O)cc2)n1. The third kappa shape index (κ3) is 3.67. The van der Waals surface area contributed by atoms with E-state index < -0.39 is 0 Å². The standard InChI is InChI=1S/C13H15N5O/c1-8-7-9(2)16-13(15-8)18-12(14)17-10-3-5-11(19)6-4-10/h3-7,19H,1-2H3,(H3,14,15,16,17,18). The maximum absolute atomic E-state index is 9.18. The van der Waals surface area contributed by atoms with Crippen molar-refractivity contribution in [3.63, 3.8) is 0 Å². The zero-order chi connectivity index (χ0) is 13.8. The molecule has 1 heterocycles. The average molecular weight is 257 g/mol. The number of phenolic OH excluding ortho intramolecular Hbond substituents is 1. The highest BCUT2D eigenvalue weighted by molar-refractivity contribution is 5.93. The molecule has 1 aromatic heterocycles. The number of phenols is 1. The van der Waals surface area contributed by atoms with Crippen molar-refractivity contribution in [3.05, 3.63) is 41.7 Å². The highest BCUT2D eigenvalue weighted by atomic mass is 16.3. The Hall–Kier alpha value is -2.63. The third-order valence-corrected chi connectivity index (χ3v) is 2.33. The summed E-state index contributed by atoms with van der Waals surface area (Å²) in [5, 5.41) is 12.1. The van der Waals surface area contributed by atoms with Gasteiger partial charge in [-0.3, -0.25) is 0 Å². The van der Waals surface area contributed by atoms with E-state index in [2.05, 4.69) is 20.3 Å². The van der Waals surface area contributed by atoms with E-state index in [9.17, 15) is 5.11 Å². The first kappa shape index (κ1) is 12.8. The maximum Gasteiger partial charge on any atom is 0.253 e. The molecule has 0 saturated carbocycles. The van der Waals surface area contributed by atoms with Gasteiger partial charge in [-0.15, -0.1) is 0 Å². The molecule has 0 aliphatic heterocycles. The summed E-state index contributed by atoms with van der Waals surface area (Å²) in [5.74, 6) is 0.704. The van der Waals surface area contributed by atoms with Crippen LogP contribution in [0.2, 0.25) is 0 Å². The molecule has 0 atom stereocenters. The van der Waals surface area contributed by atoms with Gasteiger partial charge in [-0.25, -0.2) is 9.97 Å². The number of aliphatic imine (C=N–C) groups is 1. The summed E-state index contributed by atoms with van der Waals surface area (Å²) in [6.45, 7) is 3.74. The predicted molar refractivity (Wildman–Crippen MR) is 74.5 cm³/mol. The second-order valence-corrected chi connectivity index (χ2v) is 4.12. The zero-order valence-electron chi connectivity index (χ0n) is 10.8. The summed E-state index contributed by atoms with van der Waals surface area (Å²) >= 11 is 0. The van der Waals surface area contributed by atoms with Gasteiger partial charge in [0.05, 0.1) is 0 Å². The Labute approximate surface area is 111 Å². The average Bonchev–Trinajstić information content (AvgIpc) is 2.30. The van der Waals surface area contributed by atoms with Crippen LogP contribution < -0.4 is 11.1 Å². The van der Waals surface area contributed by atoms with E-state index in [0.29, 0.717) is 5.95 Å². The number of aryl methyl sites for hydroxylation is 2. The Kier molecular flexibility index (Phi) is 3.61. The number of rotatable bonds is 2. The Morgan fingerprint density at radius 1 is 1.16 bits per heavy atom. The maximum atomic E-state index is 9.18. The van der Waals surface area contributed by atoms with Crippen molar-refractivity contribution in [1.82, 2.24) is 9.97 Å². The molecule has 4 N–H and O–H groups in total. The van der Waals surface area contributed by atoms with Gasteiger partial charge in [0, 0.05) is 17.1 Å². The number of nitrogens with two attached hydrogens (primary N) is 1. The molecule has 0 amide bonds. The molecular weight excluding hydrogens is 242 g/mol. The van der Waals surface area contributed by atoms with Crippen molar-refractivity contribution in [1.29, 1.82) is 0 Å². The molecule has 0 spiro atoms. The molecule has 6 heteroatoms. The molecule has 0 saturated heterocycles. The zero-order valence-corrected chi connectivity index (χ0v) is 10.8. The number of nitrogens with one attached hydrogen (secondary N) is 1. The van der Waals surface area contributed by atoms with E-state index in [0.717, 1.165) is 17.1 Å². The van der Waals surface area contributed by atoms with Gasteiger partial charge in [0.15, 0.2) is 0 Å². The quantitative estimate of drug-likeness (QED) is 0.433. The van der Waals surface area contributed by atoms with Gasteiger partial charge in [0.1, 0.15) is 5.75 Å². The van der Waals surface area contributed by atoms with Crippen molar-refractivity contribution in [3.8, 4) is 5.75 Å². The van der Waals surface area contributed by atoms with Gasteiger partial charge in [-0.05, 0) is 44.2 Å². The van der Waals surface area contributed by atoms with Crippen LogP contribution in [-0.4, -0.2) is 21.0 Å². The van der Waals surface area contributed by atoms with Crippen molar-refractivity contribution in [2.45, 2.75) is 13.8 Å². The minimum Gasteiger partial charge on any atom is -0.508 e. The van der Waals surface area contributed by atoms with Gasteiger partial charge in [0.2, 0.25) is 5.96 Å². The molecule has 2 rings (SSSR count). The number of hydrogen-bond donors (Lipinski definition) is 3. The molecule has 6 nitrogen and oxygen atoms in total. The van der Waals surface area contributed by atoms with Crippen molar-refractivity contribution < 1.29 is 5.11 Å². The summed E-state index contributed by atoms with van der Waals surface area (Å²) < 4.78 is 0. The first-order valence-corrected chi connectivity index (χ1v) is 5.75. The van der Waals surface area contributed by atoms with Gasteiger partial charge in [0.25, 0.3) is 5.95 Å². The van der Waals surface area contributed by atoms with E-state index in [4.69, 9.17) is 5.73 Å². The lowest BCUT2D eigenvalue weighted by Gasteiger charge is -2.05. The van der Waals surface area contributed by atoms with Crippen LogP contribution >= 0.6 is 0 Å². The molecule has 0 aliphatic rings. The molecule has 19 heavy (non-hydrogen) atoms. The second-order valence-electron chi connectivity index (χ2n) is 4.12. The summed E-state index contributed by atoms with van der Waals surface area (Å²) in [6, 6.07) is 8.37. The van der Waals surface area contributed by atoms with Crippen LogP contribution in [0.3, 0.4) is 0 Å². The molecular formula is C13H15N5O. The van der Waals surface area contributed by atoms with E-state index in [1.807, 2.05) is 19.9 Å². The van der Waals surface area contributed by atoms with Crippen molar-refractivity contribution >= 4 is 17.6 Å². The monoisotopic (exact) mass is 257 g/mol. The van der Waals surface area contributed by atoms with Crippen molar-refractivity contribution in [2.24, 2.45) is 10.7 Å². The van der Waals surface area contributed by atoms with Crippen LogP contribution in [0.25, 0.3) is 0 Å². The normalized spacial score (nSPS) is 11.4. The van der Waals surface area contributed by atoms with E-state index >= 15 is 0 Å². The fourth-order valence-electron chi connectivity index (χ4n) is 1.59. The second kappa shape index (κ2) is 5.34. The number of anilines is 1. The lowest BCUT2D eigenvalue weighted by molar-refractivity contribution is 0.475. The summed E-state index contributed by atoms with van der Waals surface area (Å²) in [4.78, 5) is 12.4. The van der Waals surface area contributed by atoms with Crippen LogP contribution in [0.4, 0.5) is 11.6 Å². The minimum atomic E-state index is 0.190. The highest BCUT2D eigenvalue weighted by Crippen LogP contribution is 2.14. The number of guanidine groups is 1. The lowest BCUT2D eigenvalue weighted by atomic mass is 10.3. The lowest BCUT2D eigenvalue weighted by Crippen LogP contribution is -2.22. The Morgan fingerprint density at radius 3 is 2.32 bits per heavy atom. The molecule has 1 aromatic carbocycles. The molecule has 0 radical (unpaired) electrons. The minimum absolute atomic E-state index is 0.190. The third-order valence-electron chi connectivity index (χ3n) is 2.33.